The van der Waals surface area contributed by atoms with Gasteiger partial charge >= 0.3 is 0 Å². The van der Waals surface area contributed by atoms with Crippen molar-refractivity contribution in [1.82, 2.24) is 5.32 Å². The van der Waals surface area contributed by atoms with Crippen LogP contribution in [0.25, 0.3) is 0 Å². The second-order valence-corrected chi connectivity index (χ2v) is 5.84. The molecule has 4 nitrogen and oxygen atoms in total. The number of ether oxygens (including phenoxy) is 1. The van der Waals surface area contributed by atoms with Gasteiger partial charge in [-0.05, 0) is 44.2 Å². The normalized spacial score (nSPS) is 11.7. The summed E-state index contributed by atoms with van der Waals surface area (Å²) in [6, 6.07) is 9.30. The Hall–Kier alpha value is -2.76. The minimum atomic E-state index is -0.719. The van der Waals surface area contributed by atoms with Crippen LogP contribution in [0.3, 0.4) is 0 Å². The zero-order valence-corrected chi connectivity index (χ0v) is 14.7. The number of ketones is 1. The molecule has 6 heteroatoms. The smallest absolute Gasteiger partial charge is 0.220 e. The molecule has 0 saturated carbocycles. The zero-order chi connectivity index (χ0) is 19.1. The van der Waals surface area contributed by atoms with Crippen molar-refractivity contribution in [2.75, 3.05) is 6.61 Å². The van der Waals surface area contributed by atoms with Crippen LogP contribution >= 0.6 is 0 Å². The Morgan fingerprint density at radius 1 is 1.08 bits per heavy atom. The summed E-state index contributed by atoms with van der Waals surface area (Å²) in [5, 5.41) is 2.62. The Bertz CT molecular complexity index is 775. The van der Waals surface area contributed by atoms with Crippen LogP contribution < -0.4 is 10.1 Å². The summed E-state index contributed by atoms with van der Waals surface area (Å²) in [6.45, 7) is 4.01. The molecule has 0 aliphatic heterocycles. The molecule has 0 saturated heterocycles. The molecule has 2 aromatic carbocycles. The van der Waals surface area contributed by atoms with Crippen molar-refractivity contribution in [3.05, 3.63) is 65.2 Å². The first-order valence-corrected chi connectivity index (χ1v) is 8.41. The Morgan fingerprint density at radius 3 is 2.38 bits per heavy atom. The molecule has 1 atom stereocenters. The third-order valence-corrected chi connectivity index (χ3v) is 3.87. The molecule has 0 heterocycles. The lowest BCUT2D eigenvalue weighted by atomic mass is 10.1. The molecule has 1 amide bonds. The highest BCUT2D eigenvalue weighted by Gasteiger charge is 2.15. The van der Waals surface area contributed by atoms with Gasteiger partial charge < -0.3 is 10.1 Å². The van der Waals surface area contributed by atoms with Crippen LogP contribution in [0, 0.1) is 11.6 Å². The molecule has 0 unspecified atom stereocenters. The summed E-state index contributed by atoms with van der Waals surface area (Å²) in [4.78, 5) is 24.1. The summed E-state index contributed by atoms with van der Waals surface area (Å²) in [6.07, 6.45) is 0.0254. The number of benzene rings is 2. The van der Waals surface area contributed by atoms with E-state index in [0.29, 0.717) is 17.9 Å². The number of nitrogens with one attached hydrogen (secondary N) is 1. The van der Waals surface area contributed by atoms with E-state index in [2.05, 4.69) is 5.32 Å². The predicted octanol–water partition coefficient (Wildman–Crippen LogP) is 4.20. The Balaban J connectivity index is 1.86. The molecule has 0 radical (unpaired) electrons. The molecule has 0 fully saturated rings. The summed E-state index contributed by atoms with van der Waals surface area (Å²) in [5.41, 5.74) is 0.691. The Labute approximate surface area is 151 Å². The highest BCUT2D eigenvalue weighted by molar-refractivity contribution is 5.98. The molecule has 0 bridgehead atoms. The van der Waals surface area contributed by atoms with Gasteiger partial charge in [-0.2, -0.15) is 0 Å². The van der Waals surface area contributed by atoms with Gasteiger partial charge in [-0.25, -0.2) is 8.78 Å². The lowest BCUT2D eigenvalue weighted by molar-refractivity contribution is -0.121. The lowest BCUT2D eigenvalue weighted by Gasteiger charge is -2.15. The Kier molecular flexibility index (Phi) is 6.83. The van der Waals surface area contributed by atoms with Crippen molar-refractivity contribution < 1.29 is 23.1 Å². The fourth-order valence-electron chi connectivity index (χ4n) is 2.52. The molecule has 138 valence electrons. The molecule has 0 aliphatic rings. The van der Waals surface area contributed by atoms with Crippen molar-refractivity contribution >= 4 is 11.7 Å². The summed E-state index contributed by atoms with van der Waals surface area (Å²) in [5.74, 6) is -1.25. The fourth-order valence-corrected chi connectivity index (χ4v) is 2.52. The largest absolute Gasteiger partial charge is 0.494 e. The number of carbonyl (C=O) groups is 2. The van der Waals surface area contributed by atoms with Gasteiger partial charge in [0.25, 0.3) is 0 Å². The number of hydrogen-bond donors (Lipinski definition) is 1. The number of rotatable bonds is 8. The quantitative estimate of drug-likeness (QED) is 0.717. The van der Waals surface area contributed by atoms with Crippen LogP contribution in [0.15, 0.2) is 42.5 Å². The second-order valence-electron chi connectivity index (χ2n) is 5.84. The van der Waals surface area contributed by atoms with E-state index in [1.54, 1.807) is 31.2 Å². The third kappa shape index (κ3) is 5.37. The van der Waals surface area contributed by atoms with Crippen LogP contribution in [0.5, 0.6) is 5.75 Å². The van der Waals surface area contributed by atoms with E-state index in [0.717, 1.165) is 12.1 Å². The third-order valence-electron chi connectivity index (χ3n) is 3.87. The lowest BCUT2D eigenvalue weighted by Crippen LogP contribution is -2.27. The van der Waals surface area contributed by atoms with Crippen LogP contribution in [-0.2, 0) is 4.79 Å². The average molecular weight is 361 g/mol. The maximum atomic E-state index is 13.7. The molecule has 1 N–H and O–H groups in total. The number of amides is 1. The van der Waals surface area contributed by atoms with Gasteiger partial charge in [0.15, 0.2) is 5.78 Å². The highest BCUT2D eigenvalue weighted by atomic mass is 19.1. The maximum absolute atomic E-state index is 13.7. The molecule has 0 aliphatic carbocycles. The van der Waals surface area contributed by atoms with E-state index in [9.17, 15) is 18.4 Å². The highest BCUT2D eigenvalue weighted by Crippen LogP contribution is 2.18. The van der Waals surface area contributed by atoms with Gasteiger partial charge in [0.1, 0.15) is 17.4 Å². The SMILES string of the molecule is CCOc1ccc(C(=O)CCC(=O)N[C@@H](C)c2ccc(F)cc2F)cc1. The maximum Gasteiger partial charge on any atom is 0.220 e. The van der Waals surface area contributed by atoms with Gasteiger partial charge in [0.2, 0.25) is 5.91 Å². The standard InChI is InChI=1S/C20H21F2NO3/c1-3-26-16-7-4-14(5-8-16)19(24)10-11-20(25)23-13(2)17-9-6-15(21)12-18(17)22/h4-9,12-13H,3,10-11H2,1-2H3,(H,23,25)/t13-/m0/s1. The van der Waals surface area contributed by atoms with Crippen molar-refractivity contribution in [3.8, 4) is 5.75 Å². The van der Waals surface area contributed by atoms with Gasteiger partial charge in [-0.3, -0.25) is 9.59 Å². The van der Waals surface area contributed by atoms with E-state index in [4.69, 9.17) is 4.74 Å². The first-order chi connectivity index (χ1) is 12.4. The molecule has 2 rings (SSSR count). The van der Waals surface area contributed by atoms with E-state index in [-0.39, 0.29) is 30.1 Å². The van der Waals surface area contributed by atoms with E-state index in [1.165, 1.54) is 6.07 Å². The van der Waals surface area contributed by atoms with Gasteiger partial charge in [0.05, 0.1) is 12.6 Å². The summed E-state index contributed by atoms with van der Waals surface area (Å²) >= 11 is 0. The molecular formula is C20H21F2NO3. The number of halogens is 2. The zero-order valence-electron chi connectivity index (χ0n) is 14.7. The van der Waals surface area contributed by atoms with Crippen molar-refractivity contribution in [2.24, 2.45) is 0 Å². The van der Waals surface area contributed by atoms with Crippen molar-refractivity contribution in [3.63, 3.8) is 0 Å². The van der Waals surface area contributed by atoms with Gasteiger partial charge in [0, 0.05) is 30.0 Å². The van der Waals surface area contributed by atoms with Gasteiger partial charge in [-0.1, -0.05) is 6.07 Å². The average Bonchev–Trinajstić information content (AvgIpc) is 2.60. The summed E-state index contributed by atoms with van der Waals surface area (Å²) < 4.78 is 32.0. The second kappa shape index (κ2) is 9.08. The minimum absolute atomic E-state index is 0.0147. The Morgan fingerprint density at radius 2 is 1.77 bits per heavy atom. The molecule has 2 aromatic rings. The van der Waals surface area contributed by atoms with E-state index >= 15 is 0 Å². The number of carbonyl (C=O) groups excluding carboxylic acids is 2. The number of hydrogen-bond acceptors (Lipinski definition) is 3. The monoisotopic (exact) mass is 361 g/mol. The van der Waals surface area contributed by atoms with Crippen LogP contribution in [0.2, 0.25) is 0 Å². The summed E-state index contributed by atoms with van der Waals surface area (Å²) in [7, 11) is 0. The van der Waals surface area contributed by atoms with E-state index in [1.807, 2.05) is 6.92 Å². The van der Waals surface area contributed by atoms with Crippen LogP contribution in [-0.4, -0.2) is 18.3 Å². The van der Waals surface area contributed by atoms with E-state index < -0.39 is 17.7 Å². The topological polar surface area (TPSA) is 55.4 Å². The van der Waals surface area contributed by atoms with Crippen molar-refractivity contribution in [2.45, 2.75) is 32.7 Å². The van der Waals surface area contributed by atoms with Gasteiger partial charge in [-0.15, -0.1) is 0 Å². The first-order valence-electron chi connectivity index (χ1n) is 8.41. The van der Waals surface area contributed by atoms with Crippen LogP contribution in [0.1, 0.15) is 48.7 Å². The number of Topliss-reactive ketones (excluding diaryl/α,β-unsaturated/α-hetero) is 1. The van der Waals surface area contributed by atoms with Crippen LogP contribution in [0.4, 0.5) is 8.78 Å². The fraction of sp³-hybridized carbons (Fsp3) is 0.300. The molecular weight excluding hydrogens is 340 g/mol. The molecule has 0 spiro atoms. The first kappa shape index (κ1) is 19.6. The molecule has 0 aromatic heterocycles. The molecule has 26 heavy (non-hydrogen) atoms. The van der Waals surface area contributed by atoms with Crippen molar-refractivity contribution in [1.29, 1.82) is 0 Å². The minimum Gasteiger partial charge on any atom is -0.494 e. The predicted molar refractivity (Wildman–Crippen MR) is 94.1 cm³/mol.